The van der Waals surface area contributed by atoms with E-state index in [1.54, 1.807) is 21.3 Å². The van der Waals surface area contributed by atoms with Crippen LogP contribution in [0.3, 0.4) is 0 Å². The average molecular weight is 315 g/mol. The molecule has 0 bridgehead atoms. The van der Waals surface area contributed by atoms with Crippen LogP contribution in [0.15, 0.2) is 30.3 Å². The van der Waals surface area contributed by atoms with E-state index >= 15 is 0 Å². The number of nitrogens with one attached hydrogen (secondary N) is 1. The van der Waals surface area contributed by atoms with E-state index in [0.29, 0.717) is 17.2 Å². The zero-order valence-electron chi connectivity index (χ0n) is 14.5. The Labute approximate surface area is 138 Å². The van der Waals surface area contributed by atoms with Crippen LogP contribution < -0.4 is 19.5 Å². The first-order valence-corrected chi connectivity index (χ1v) is 7.64. The zero-order chi connectivity index (χ0) is 16.8. The number of hydrogen-bond acceptors (Lipinski definition) is 4. The number of rotatable bonds is 7. The van der Waals surface area contributed by atoms with Gasteiger partial charge in [0.1, 0.15) is 0 Å². The molecular formula is C19H25NO3. The Bertz CT molecular complexity index is 643. The first-order valence-electron chi connectivity index (χ1n) is 7.64. The summed E-state index contributed by atoms with van der Waals surface area (Å²) in [4.78, 5) is 0. The molecule has 0 saturated carbocycles. The highest BCUT2D eigenvalue weighted by Gasteiger charge is 2.12. The SMILES string of the molecule is COc1cc(CNCc2ccc(C)cc2C)cc(OC)c1OC. The Morgan fingerprint density at radius 3 is 2.00 bits per heavy atom. The molecule has 0 radical (unpaired) electrons. The van der Waals surface area contributed by atoms with Crippen molar-refractivity contribution in [1.29, 1.82) is 0 Å². The Balaban J connectivity index is 2.08. The second-order valence-electron chi connectivity index (χ2n) is 5.57. The highest BCUT2D eigenvalue weighted by Crippen LogP contribution is 2.38. The molecule has 23 heavy (non-hydrogen) atoms. The van der Waals surface area contributed by atoms with Crippen LogP contribution in [-0.4, -0.2) is 21.3 Å². The molecule has 0 aliphatic heterocycles. The lowest BCUT2D eigenvalue weighted by Gasteiger charge is -2.15. The molecule has 1 N–H and O–H groups in total. The second kappa shape index (κ2) is 7.88. The molecule has 4 heteroatoms. The van der Waals surface area contributed by atoms with Crippen molar-refractivity contribution in [1.82, 2.24) is 5.32 Å². The van der Waals surface area contributed by atoms with Crippen molar-refractivity contribution in [3.05, 3.63) is 52.6 Å². The van der Waals surface area contributed by atoms with E-state index in [4.69, 9.17) is 14.2 Å². The highest BCUT2D eigenvalue weighted by atomic mass is 16.5. The van der Waals surface area contributed by atoms with Crippen molar-refractivity contribution in [3.8, 4) is 17.2 Å². The van der Waals surface area contributed by atoms with Crippen LogP contribution in [0, 0.1) is 13.8 Å². The fourth-order valence-electron chi connectivity index (χ4n) is 2.62. The van der Waals surface area contributed by atoms with Crippen LogP contribution in [0.5, 0.6) is 17.2 Å². The van der Waals surface area contributed by atoms with Gasteiger partial charge >= 0.3 is 0 Å². The van der Waals surface area contributed by atoms with Gasteiger partial charge in [-0.15, -0.1) is 0 Å². The van der Waals surface area contributed by atoms with Crippen molar-refractivity contribution < 1.29 is 14.2 Å². The summed E-state index contributed by atoms with van der Waals surface area (Å²) < 4.78 is 16.1. The van der Waals surface area contributed by atoms with Gasteiger partial charge < -0.3 is 19.5 Å². The molecule has 0 aliphatic rings. The van der Waals surface area contributed by atoms with Crippen LogP contribution in [0.2, 0.25) is 0 Å². The maximum atomic E-state index is 5.38. The van der Waals surface area contributed by atoms with E-state index in [-0.39, 0.29) is 0 Å². The summed E-state index contributed by atoms with van der Waals surface area (Å²) in [6.45, 7) is 5.80. The summed E-state index contributed by atoms with van der Waals surface area (Å²) in [6.07, 6.45) is 0. The first kappa shape index (κ1) is 17.2. The molecular weight excluding hydrogens is 290 g/mol. The highest BCUT2D eigenvalue weighted by molar-refractivity contribution is 5.53. The van der Waals surface area contributed by atoms with Gasteiger partial charge in [0.2, 0.25) is 5.75 Å². The molecule has 0 unspecified atom stereocenters. The zero-order valence-corrected chi connectivity index (χ0v) is 14.5. The molecule has 0 aromatic heterocycles. The smallest absolute Gasteiger partial charge is 0.203 e. The molecule has 0 saturated heterocycles. The maximum Gasteiger partial charge on any atom is 0.203 e. The molecule has 0 aliphatic carbocycles. The van der Waals surface area contributed by atoms with Gasteiger partial charge in [-0.1, -0.05) is 23.8 Å². The van der Waals surface area contributed by atoms with Crippen LogP contribution >= 0.6 is 0 Å². The van der Waals surface area contributed by atoms with Gasteiger partial charge in [-0.3, -0.25) is 0 Å². The molecule has 124 valence electrons. The summed E-state index contributed by atoms with van der Waals surface area (Å²) in [5, 5.41) is 3.47. The second-order valence-corrected chi connectivity index (χ2v) is 5.57. The molecule has 2 aromatic carbocycles. The van der Waals surface area contributed by atoms with Gasteiger partial charge in [-0.25, -0.2) is 0 Å². The summed E-state index contributed by atoms with van der Waals surface area (Å²) in [5.74, 6) is 1.97. The normalized spacial score (nSPS) is 10.5. The minimum atomic E-state index is 0.619. The molecule has 4 nitrogen and oxygen atoms in total. The van der Waals surface area contributed by atoms with E-state index in [2.05, 4.69) is 37.4 Å². The van der Waals surface area contributed by atoms with Crippen LogP contribution in [-0.2, 0) is 13.1 Å². The van der Waals surface area contributed by atoms with Crippen LogP contribution in [0.25, 0.3) is 0 Å². The van der Waals surface area contributed by atoms with Crippen molar-refractivity contribution in [3.63, 3.8) is 0 Å². The van der Waals surface area contributed by atoms with Gasteiger partial charge in [0.15, 0.2) is 11.5 Å². The largest absolute Gasteiger partial charge is 0.493 e. The number of benzene rings is 2. The van der Waals surface area contributed by atoms with E-state index in [1.165, 1.54) is 16.7 Å². The third-order valence-electron chi connectivity index (χ3n) is 3.87. The lowest BCUT2D eigenvalue weighted by molar-refractivity contribution is 0.323. The quantitative estimate of drug-likeness (QED) is 0.847. The number of methoxy groups -OCH3 is 3. The fourth-order valence-corrected chi connectivity index (χ4v) is 2.62. The molecule has 0 spiro atoms. The third-order valence-corrected chi connectivity index (χ3v) is 3.87. The van der Waals surface area contributed by atoms with E-state index in [1.807, 2.05) is 12.1 Å². The summed E-state index contributed by atoms with van der Waals surface area (Å²) in [5.41, 5.74) is 4.99. The van der Waals surface area contributed by atoms with Gasteiger partial charge in [0, 0.05) is 13.1 Å². The Kier molecular flexibility index (Phi) is 5.88. The first-order chi connectivity index (χ1) is 11.1. The molecule has 0 fully saturated rings. The number of hydrogen-bond donors (Lipinski definition) is 1. The fraction of sp³-hybridized carbons (Fsp3) is 0.368. The topological polar surface area (TPSA) is 39.7 Å². The molecule has 0 amide bonds. The maximum absolute atomic E-state index is 5.38. The Morgan fingerprint density at radius 1 is 0.826 bits per heavy atom. The molecule has 2 aromatic rings. The Hall–Kier alpha value is -2.20. The van der Waals surface area contributed by atoms with Crippen molar-refractivity contribution in [2.45, 2.75) is 26.9 Å². The van der Waals surface area contributed by atoms with E-state index in [0.717, 1.165) is 18.7 Å². The number of ether oxygens (including phenoxy) is 3. The summed E-state index contributed by atoms with van der Waals surface area (Å²) >= 11 is 0. The van der Waals surface area contributed by atoms with E-state index in [9.17, 15) is 0 Å². The minimum Gasteiger partial charge on any atom is -0.493 e. The van der Waals surface area contributed by atoms with Crippen molar-refractivity contribution in [2.75, 3.05) is 21.3 Å². The summed E-state index contributed by atoms with van der Waals surface area (Å²) in [6, 6.07) is 10.5. The van der Waals surface area contributed by atoms with Gasteiger partial charge in [0.05, 0.1) is 21.3 Å². The molecule has 0 atom stereocenters. The predicted octanol–water partition coefficient (Wildman–Crippen LogP) is 3.62. The summed E-state index contributed by atoms with van der Waals surface area (Å²) in [7, 11) is 4.87. The van der Waals surface area contributed by atoms with Gasteiger partial charge in [-0.2, -0.15) is 0 Å². The number of aryl methyl sites for hydroxylation is 2. The van der Waals surface area contributed by atoms with Crippen LogP contribution in [0.1, 0.15) is 22.3 Å². The average Bonchev–Trinajstić information content (AvgIpc) is 2.55. The molecule has 0 heterocycles. The van der Waals surface area contributed by atoms with Crippen molar-refractivity contribution >= 4 is 0 Å². The Morgan fingerprint density at radius 2 is 1.48 bits per heavy atom. The van der Waals surface area contributed by atoms with Gasteiger partial charge in [0.25, 0.3) is 0 Å². The standard InChI is InChI=1S/C19H25NO3/c1-13-6-7-16(14(2)8-13)12-20-11-15-9-17(21-3)19(23-5)18(10-15)22-4/h6-10,20H,11-12H2,1-5H3. The van der Waals surface area contributed by atoms with Gasteiger partial charge in [-0.05, 0) is 42.7 Å². The van der Waals surface area contributed by atoms with Crippen LogP contribution in [0.4, 0.5) is 0 Å². The molecule has 2 rings (SSSR count). The lowest BCUT2D eigenvalue weighted by atomic mass is 10.1. The minimum absolute atomic E-state index is 0.619. The monoisotopic (exact) mass is 315 g/mol. The van der Waals surface area contributed by atoms with Crippen molar-refractivity contribution in [2.24, 2.45) is 0 Å². The lowest BCUT2D eigenvalue weighted by Crippen LogP contribution is -2.14. The van der Waals surface area contributed by atoms with E-state index < -0.39 is 0 Å². The third kappa shape index (κ3) is 4.17. The predicted molar refractivity (Wildman–Crippen MR) is 92.6 cm³/mol.